The molecule has 1 saturated carbocycles. The molecule has 2 heteroatoms. The minimum absolute atomic E-state index is 0.0474. The maximum Gasteiger partial charge on any atom is 0.119 e. The number of nitrogens with one attached hydrogen (secondary N) is 1. The average Bonchev–Trinajstić information content (AvgIpc) is 2.68. The van der Waals surface area contributed by atoms with Gasteiger partial charge in [0, 0.05) is 6.04 Å². The van der Waals surface area contributed by atoms with Crippen molar-refractivity contribution in [3.05, 3.63) is 0 Å². The molecule has 2 rings (SSSR count). The van der Waals surface area contributed by atoms with Crippen LogP contribution in [0.3, 0.4) is 0 Å². The molecule has 102 valence electrons. The van der Waals surface area contributed by atoms with Crippen LogP contribution in [0, 0.1) is 5.92 Å². The molecule has 1 aliphatic carbocycles. The quantitative estimate of drug-likeness (QED) is 0.786. The summed E-state index contributed by atoms with van der Waals surface area (Å²) in [5.41, 5.74) is 0.0474. The first-order valence-corrected chi connectivity index (χ1v) is 7.62. The Morgan fingerprint density at radius 2 is 1.82 bits per heavy atom. The summed E-state index contributed by atoms with van der Waals surface area (Å²) in [5.74, 6) is 0.723. The summed E-state index contributed by atoms with van der Waals surface area (Å²) < 4.78 is 6.21. The smallest absolute Gasteiger partial charge is 0.119 e. The van der Waals surface area contributed by atoms with Crippen LogP contribution < -0.4 is 5.32 Å². The first-order valence-electron chi connectivity index (χ1n) is 7.62. The molecule has 2 fully saturated rings. The normalized spacial score (nSPS) is 33.0. The maximum absolute atomic E-state index is 6.21. The van der Waals surface area contributed by atoms with Crippen LogP contribution >= 0.6 is 0 Å². The predicted octanol–water partition coefficient (Wildman–Crippen LogP) is 4.10. The lowest BCUT2D eigenvalue weighted by Crippen LogP contribution is -2.47. The maximum atomic E-state index is 6.21. The van der Waals surface area contributed by atoms with Gasteiger partial charge in [0.15, 0.2) is 0 Å². The van der Waals surface area contributed by atoms with E-state index in [9.17, 15) is 0 Å². The summed E-state index contributed by atoms with van der Waals surface area (Å²) in [6.45, 7) is 10.8. The predicted molar refractivity (Wildman–Crippen MR) is 74.1 cm³/mol. The lowest BCUT2D eigenvalue weighted by molar-refractivity contribution is -0.0685. The van der Waals surface area contributed by atoms with E-state index in [1.807, 2.05) is 13.8 Å². The van der Waals surface area contributed by atoms with E-state index >= 15 is 0 Å². The van der Waals surface area contributed by atoms with Crippen molar-refractivity contribution in [1.29, 1.82) is 0 Å². The molecule has 0 aromatic carbocycles. The zero-order chi connectivity index (χ0) is 12.9. The fourth-order valence-corrected chi connectivity index (χ4v) is 3.13. The monoisotopic (exact) mass is 241 g/mol. The van der Waals surface area contributed by atoms with Crippen molar-refractivity contribution in [3.63, 3.8) is 0 Å². The van der Waals surface area contributed by atoms with E-state index in [0.29, 0.717) is 12.1 Å². The summed E-state index contributed by atoms with van der Waals surface area (Å²) in [7, 11) is 0. The fraction of sp³-hybridized carbons (Fsp3) is 1.00. The summed E-state index contributed by atoms with van der Waals surface area (Å²) in [5, 5.41) is 3.78. The van der Waals surface area contributed by atoms with Gasteiger partial charge in [0.2, 0.25) is 0 Å². The second-order valence-corrected chi connectivity index (χ2v) is 5.43. The molecule has 2 aliphatic rings. The highest BCUT2D eigenvalue weighted by molar-refractivity contribution is 4.96. The van der Waals surface area contributed by atoms with E-state index < -0.39 is 0 Å². The minimum Gasteiger partial charge on any atom is -0.356 e. The molecule has 1 heterocycles. The van der Waals surface area contributed by atoms with Crippen LogP contribution in [-0.4, -0.2) is 17.9 Å². The van der Waals surface area contributed by atoms with Crippen molar-refractivity contribution in [2.24, 2.45) is 5.92 Å². The highest BCUT2D eigenvalue weighted by atomic mass is 16.5. The highest BCUT2D eigenvalue weighted by Gasteiger charge is 2.45. The lowest BCUT2D eigenvalue weighted by Gasteiger charge is -2.33. The molecule has 1 unspecified atom stereocenters. The van der Waals surface area contributed by atoms with Gasteiger partial charge in [-0.1, -0.05) is 40.5 Å². The Bertz CT molecular complexity index is 211. The van der Waals surface area contributed by atoms with Crippen LogP contribution in [0.2, 0.25) is 0 Å². The second-order valence-electron chi connectivity index (χ2n) is 5.43. The summed E-state index contributed by atoms with van der Waals surface area (Å²) in [4.78, 5) is 0. The number of rotatable bonds is 2. The highest BCUT2D eigenvalue weighted by Crippen LogP contribution is 2.37. The van der Waals surface area contributed by atoms with Crippen LogP contribution in [0.25, 0.3) is 0 Å². The minimum atomic E-state index is 0.0474. The first-order chi connectivity index (χ1) is 8.17. The molecule has 0 radical (unpaired) electrons. The molecule has 3 atom stereocenters. The Morgan fingerprint density at radius 1 is 1.24 bits per heavy atom. The Balaban J connectivity index is 0.000000686. The van der Waals surface area contributed by atoms with Crippen LogP contribution in [0.5, 0.6) is 0 Å². The second kappa shape index (κ2) is 6.75. The molecule has 1 aliphatic heterocycles. The van der Waals surface area contributed by atoms with E-state index in [2.05, 4.69) is 26.1 Å². The number of ether oxygens (including phenoxy) is 1. The lowest BCUT2D eigenvalue weighted by atomic mass is 9.90. The molecular formula is C15H31NO. The van der Waals surface area contributed by atoms with Gasteiger partial charge in [0.1, 0.15) is 5.72 Å². The molecular weight excluding hydrogens is 210 g/mol. The zero-order valence-electron chi connectivity index (χ0n) is 12.4. The molecule has 0 aromatic rings. The van der Waals surface area contributed by atoms with Crippen molar-refractivity contribution >= 4 is 0 Å². The molecule has 0 bridgehead atoms. The van der Waals surface area contributed by atoms with Crippen molar-refractivity contribution < 1.29 is 4.74 Å². The van der Waals surface area contributed by atoms with E-state index in [0.717, 1.165) is 5.92 Å². The average molecular weight is 241 g/mol. The molecule has 1 N–H and O–H groups in total. The summed E-state index contributed by atoms with van der Waals surface area (Å²) in [6, 6.07) is 0.563. The van der Waals surface area contributed by atoms with Crippen molar-refractivity contribution in [1.82, 2.24) is 5.32 Å². The molecule has 17 heavy (non-hydrogen) atoms. The third kappa shape index (κ3) is 3.45. The molecule has 2 nitrogen and oxygen atoms in total. The summed E-state index contributed by atoms with van der Waals surface area (Å²) >= 11 is 0. The molecule has 0 amide bonds. The Hall–Kier alpha value is -0.0800. The fourth-order valence-electron chi connectivity index (χ4n) is 3.13. The van der Waals surface area contributed by atoms with Gasteiger partial charge in [-0.15, -0.1) is 0 Å². The van der Waals surface area contributed by atoms with E-state index in [-0.39, 0.29) is 5.72 Å². The standard InChI is InChI=1S/C13H25NO.C2H6/c1-4-10(2)12-11(3)15-13(14-12)8-6-5-7-9-13;1-2/h10-12,14H,4-9H2,1-3H3;1-2H3/t10?,11-,12+;/m0./s1. The third-order valence-electron chi connectivity index (χ3n) is 4.27. The topological polar surface area (TPSA) is 21.3 Å². The van der Waals surface area contributed by atoms with Gasteiger partial charge in [-0.2, -0.15) is 0 Å². The van der Waals surface area contributed by atoms with Crippen molar-refractivity contribution in [2.75, 3.05) is 0 Å². The van der Waals surface area contributed by atoms with Gasteiger partial charge in [-0.25, -0.2) is 0 Å². The Labute approximate surface area is 108 Å². The van der Waals surface area contributed by atoms with Crippen LogP contribution in [-0.2, 0) is 4.74 Å². The SMILES string of the molecule is CC.CCC(C)[C@H]1NC2(CCCCC2)O[C@H]1C. The zero-order valence-corrected chi connectivity index (χ0v) is 12.4. The van der Waals surface area contributed by atoms with Crippen molar-refractivity contribution in [3.8, 4) is 0 Å². The Morgan fingerprint density at radius 3 is 2.35 bits per heavy atom. The van der Waals surface area contributed by atoms with Crippen molar-refractivity contribution in [2.45, 2.75) is 91.0 Å². The third-order valence-corrected chi connectivity index (χ3v) is 4.27. The van der Waals surface area contributed by atoms with Gasteiger partial charge in [0.05, 0.1) is 6.10 Å². The largest absolute Gasteiger partial charge is 0.356 e. The molecule has 1 saturated heterocycles. The van der Waals surface area contributed by atoms with E-state index in [1.165, 1.54) is 38.5 Å². The number of hydrogen-bond acceptors (Lipinski definition) is 2. The van der Waals surface area contributed by atoms with Crippen LogP contribution in [0.1, 0.15) is 73.1 Å². The van der Waals surface area contributed by atoms with Gasteiger partial charge < -0.3 is 4.74 Å². The van der Waals surface area contributed by atoms with Crippen LogP contribution in [0.15, 0.2) is 0 Å². The van der Waals surface area contributed by atoms with E-state index in [1.54, 1.807) is 0 Å². The van der Waals surface area contributed by atoms with Gasteiger partial charge in [0.25, 0.3) is 0 Å². The van der Waals surface area contributed by atoms with Crippen LogP contribution in [0.4, 0.5) is 0 Å². The first kappa shape index (κ1) is 15.0. The Kier molecular flexibility index (Phi) is 5.94. The molecule has 1 spiro atoms. The van der Waals surface area contributed by atoms with Gasteiger partial charge in [-0.3, -0.25) is 5.32 Å². The van der Waals surface area contributed by atoms with E-state index in [4.69, 9.17) is 4.74 Å². The van der Waals surface area contributed by atoms with Gasteiger partial charge in [-0.05, 0) is 38.5 Å². The molecule has 0 aromatic heterocycles. The van der Waals surface area contributed by atoms with Gasteiger partial charge >= 0.3 is 0 Å². The number of hydrogen-bond donors (Lipinski definition) is 1. The summed E-state index contributed by atoms with van der Waals surface area (Å²) in [6.07, 6.45) is 8.09.